The fraction of sp³-hybridized carbons (Fsp3) is 0.667. The van der Waals surface area contributed by atoms with Gasteiger partial charge in [0.25, 0.3) is 0 Å². The first kappa shape index (κ1) is 8.56. The number of aromatic nitrogens is 2. The maximum absolute atomic E-state index is 5.83. The van der Waals surface area contributed by atoms with Crippen molar-refractivity contribution >= 4 is 0 Å². The first-order valence-electron chi connectivity index (χ1n) is 4.49. The predicted octanol–water partition coefficient (Wildman–Crippen LogP) is 0.469. The molecule has 1 aliphatic heterocycles. The largest absolute Gasteiger partial charge is 0.469 e. The molecule has 0 atom stereocenters. The van der Waals surface area contributed by atoms with Crippen LogP contribution in [0.5, 0.6) is 5.88 Å². The molecule has 2 heterocycles. The SMILES string of the molecule is Cc1cc(OC2(C)CNC2)n(C)n1. The van der Waals surface area contributed by atoms with E-state index in [1.807, 2.05) is 20.0 Å². The van der Waals surface area contributed by atoms with E-state index < -0.39 is 0 Å². The number of nitrogens with zero attached hydrogens (tertiary/aromatic N) is 2. The molecule has 1 aromatic rings. The first-order chi connectivity index (χ1) is 6.09. The monoisotopic (exact) mass is 181 g/mol. The van der Waals surface area contributed by atoms with Crippen molar-refractivity contribution in [3.8, 4) is 5.88 Å². The minimum atomic E-state index is -0.0414. The summed E-state index contributed by atoms with van der Waals surface area (Å²) in [6.07, 6.45) is 0. The van der Waals surface area contributed by atoms with Crippen LogP contribution in [0.3, 0.4) is 0 Å². The van der Waals surface area contributed by atoms with Gasteiger partial charge in [0, 0.05) is 26.2 Å². The van der Waals surface area contributed by atoms with Gasteiger partial charge in [0.05, 0.1) is 5.69 Å². The van der Waals surface area contributed by atoms with Crippen LogP contribution in [0.1, 0.15) is 12.6 Å². The maximum Gasteiger partial charge on any atom is 0.212 e. The molecule has 0 spiro atoms. The average molecular weight is 181 g/mol. The molecule has 2 rings (SSSR count). The van der Waals surface area contributed by atoms with Crippen molar-refractivity contribution in [2.45, 2.75) is 19.4 Å². The highest BCUT2D eigenvalue weighted by Gasteiger charge is 2.34. The smallest absolute Gasteiger partial charge is 0.212 e. The van der Waals surface area contributed by atoms with Crippen molar-refractivity contribution in [3.63, 3.8) is 0 Å². The van der Waals surface area contributed by atoms with E-state index in [-0.39, 0.29) is 5.60 Å². The van der Waals surface area contributed by atoms with Crippen LogP contribution in [0.15, 0.2) is 6.07 Å². The van der Waals surface area contributed by atoms with Crippen LogP contribution in [0.25, 0.3) is 0 Å². The minimum Gasteiger partial charge on any atom is -0.469 e. The number of hydrogen-bond donors (Lipinski definition) is 1. The van der Waals surface area contributed by atoms with Gasteiger partial charge >= 0.3 is 0 Å². The number of ether oxygens (including phenoxy) is 1. The van der Waals surface area contributed by atoms with Gasteiger partial charge in [0.15, 0.2) is 0 Å². The molecule has 72 valence electrons. The second-order valence-electron chi connectivity index (χ2n) is 3.90. The lowest BCUT2D eigenvalue weighted by Crippen LogP contribution is -2.61. The van der Waals surface area contributed by atoms with E-state index in [1.165, 1.54) is 0 Å². The molecule has 0 aromatic carbocycles. The van der Waals surface area contributed by atoms with Gasteiger partial charge in [-0.2, -0.15) is 5.10 Å². The second-order valence-corrected chi connectivity index (χ2v) is 3.90. The zero-order chi connectivity index (χ0) is 9.47. The fourth-order valence-corrected chi connectivity index (χ4v) is 1.48. The third-order valence-electron chi connectivity index (χ3n) is 2.31. The Morgan fingerprint density at radius 1 is 1.62 bits per heavy atom. The number of nitrogens with one attached hydrogen (secondary N) is 1. The highest BCUT2D eigenvalue weighted by molar-refractivity contribution is 5.16. The van der Waals surface area contributed by atoms with Crippen molar-refractivity contribution in [3.05, 3.63) is 11.8 Å². The van der Waals surface area contributed by atoms with E-state index >= 15 is 0 Å². The zero-order valence-electron chi connectivity index (χ0n) is 8.29. The summed E-state index contributed by atoms with van der Waals surface area (Å²) in [5.41, 5.74) is 0.952. The Morgan fingerprint density at radius 2 is 2.31 bits per heavy atom. The molecule has 0 saturated carbocycles. The molecular weight excluding hydrogens is 166 g/mol. The van der Waals surface area contributed by atoms with Crippen molar-refractivity contribution in [2.24, 2.45) is 7.05 Å². The van der Waals surface area contributed by atoms with Crippen LogP contribution >= 0.6 is 0 Å². The maximum atomic E-state index is 5.83. The molecule has 0 bridgehead atoms. The summed E-state index contributed by atoms with van der Waals surface area (Å²) >= 11 is 0. The van der Waals surface area contributed by atoms with Gasteiger partial charge in [-0.05, 0) is 13.8 Å². The van der Waals surface area contributed by atoms with Gasteiger partial charge in [0.1, 0.15) is 5.60 Å². The molecule has 1 aromatic heterocycles. The highest BCUT2D eigenvalue weighted by atomic mass is 16.5. The topological polar surface area (TPSA) is 39.1 Å². The Balaban J connectivity index is 2.12. The van der Waals surface area contributed by atoms with E-state index in [2.05, 4.69) is 17.3 Å². The van der Waals surface area contributed by atoms with Gasteiger partial charge in [-0.1, -0.05) is 0 Å². The fourth-order valence-electron chi connectivity index (χ4n) is 1.48. The van der Waals surface area contributed by atoms with E-state index in [1.54, 1.807) is 4.68 Å². The van der Waals surface area contributed by atoms with Gasteiger partial charge < -0.3 is 10.1 Å². The molecule has 0 aliphatic carbocycles. The number of aryl methyl sites for hydroxylation is 2. The molecule has 1 fully saturated rings. The summed E-state index contributed by atoms with van der Waals surface area (Å²) in [6, 6.07) is 1.96. The third kappa shape index (κ3) is 1.54. The molecule has 4 heteroatoms. The van der Waals surface area contributed by atoms with Crippen molar-refractivity contribution in [2.75, 3.05) is 13.1 Å². The molecule has 0 radical (unpaired) electrons. The normalized spacial score (nSPS) is 19.6. The average Bonchev–Trinajstić information content (AvgIpc) is 2.27. The second kappa shape index (κ2) is 2.73. The number of hydrogen-bond acceptors (Lipinski definition) is 3. The van der Waals surface area contributed by atoms with E-state index in [4.69, 9.17) is 4.74 Å². The molecule has 0 unspecified atom stereocenters. The Morgan fingerprint density at radius 3 is 2.69 bits per heavy atom. The molecule has 1 saturated heterocycles. The molecule has 13 heavy (non-hydrogen) atoms. The van der Waals surface area contributed by atoms with Gasteiger partial charge in [-0.15, -0.1) is 0 Å². The first-order valence-corrected chi connectivity index (χ1v) is 4.49. The van der Waals surface area contributed by atoms with Crippen LogP contribution in [0.4, 0.5) is 0 Å². The third-order valence-corrected chi connectivity index (χ3v) is 2.31. The Hall–Kier alpha value is -1.03. The van der Waals surface area contributed by atoms with Crippen molar-refractivity contribution in [1.29, 1.82) is 0 Å². The summed E-state index contributed by atoms with van der Waals surface area (Å²) in [5, 5.41) is 7.42. The summed E-state index contributed by atoms with van der Waals surface area (Å²) < 4.78 is 7.60. The Bertz CT molecular complexity index is 315. The lowest BCUT2D eigenvalue weighted by atomic mass is 10.0. The summed E-state index contributed by atoms with van der Waals surface area (Å²) in [5.74, 6) is 0.849. The predicted molar refractivity (Wildman–Crippen MR) is 49.8 cm³/mol. The summed E-state index contributed by atoms with van der Waals surface area (Å²) in [4.78, 5) is 0. The summed E-state index contributed by atoms with van der Waals surface area (Å²) in [7, 11) is 1.90. The van der Waals surface area contributed by atoms with Gasteiger partial charge in [-0.3, -0.25) is 0 Å². The molecule has 1 N–H and O–H groups in total. The Labute approximate surface area is 77.9 Å². The summed E-state index contributed by atoms with van der Waals surface area (Å²) in [6.45, 7) is 5.90. The van der Waals surface area contributed by atoms with Crippen LogP contribution in [-0.4, -0.2) is 28.5 Å². The van der Waals surface area contributed by atoms with Crippen LogP contribution in [-0.2, 0) is 7.05 Å². The molecule has 0 amide bonds. The van der Waals surface area contributed by atoms with E-state index in [0.717, 1.165) is 24.7 Å². The van der Waals surface area contributed by atoms with Crippen molar-refractivity contribution in [1.82, 2.24) is 15.1 Å². The standard InChI is InChI=1S/C9H15N3O/c1-7-4-8(12(3)11-7)13-9(2)5-10-6-9/h4,10H,5-6H2,1-3H3. The molecule has 1 aliphatic rings. The van der Waals surface area contributed by atoms with Crippen molar-refractivity contribution < 1.29 is 4.74 Å². The van der Waals surface area contributed by atoms with Crippen LogP contribution < -0.4 is 10.1 Å². The van der Waals surface area contributed by atoms with Crippen LogP contribution in [0.2, 0.25) is 0 Å². The lowest BCUT2D eigenvalue weighted by Gasteiger charge is -2.38. The quantitative estimate of drug-likeness (QED) is 0.721. The van der Waals surface area contributed by atoms with Gasteiger partial charge in [-0.25, -0.2) is 4.68 Å². The van der Waals surface area contributed by atoms with Gasteiger partial charge in [0.2, 0.25) is 5.88 Å². The molecular formula is C9H15N3O. The zero-order valence-corrected chi connectivity index (χ0v) is 8.29. The lowest BCUT2D eigenvalue weighted by molar-refractivity contribution is 0.0266. The number of rotatable bonds is 2. The molecule has 4 nitrogen and oxygen atoms in total. The van der Waals surface area contributed by atoms with E-state index in [0.29, 0.717) is 0 Å². The van der Waals surface area contributed by atoms with E-state index in [9.17, 15) is 0 Å². The Kier molecular flexibility index (Phi) is 1.80. The highest BCUT2D eigenvalue weighted by Crippen LogP contribution is 2.21. The van der Waals surface area contributed by atoms with Crippen LogP contribution in [0, 0.1) is 6.92 Å². The minimum absolute atomic E-state index is 0.0414.